The highest BCUT2D eigenvalue weighted by molar-refractivity contribution is 6.30. The van der Waals surface area contributed by atoms with Gasteiger partial charge in [0.2, 0.25) is 5.91 Å². The third-order valence-electron chi connectivity index (χ3n) is 4.73. The van der Waals surface area contributed by atoms with E-state index < -0.39 is 18.0 Å². The van der Waals surface area contributed by atoms with Gasteiger partial charge >= 0.3 is 12.0 Å². The van der Waals surface area contributed by atoms with Gasteiger partial charge in [-0.25, -0.2) is 4.79 Å². The van der Waals surface area contributed by atoms with Gasteiger partial charge in [0.25, 0.3) is 0 Å². The second-order valence-electron chi connectivity index (χ2n) is 7.33. The summed E-state index contributed by atoms with van der Waals surface area (Å²) < 4.78 is 0. The topological polar surface area (TPSA) is 98.7 Å². The van der Waals surface area contributed by atoms with Gasteiger partial charge in [0.15, 0.2) is 0 Å². The van der Waals surface area contributed by atoms with Crippen LogP contribution >= 0.6 is 11.6 Å². The number of unbranched alkanes of at least 4 members (excludes halogenated alkanes) is 4. The largest absolute Gasteiger partial charge is 0.481 e. The van der Waals surface area contributed by atoms with Crippen LogP contribution < -0.4 is 10.6 Å². The Morgan fingerprint density at radius 1 is 1.00 bits per heavy atom. The molecule has 1 atom stereocenters. The number of halogens is 1. The summed E-state index contributed by atoms with van der Waals surface area (Å²) in [6, 6.07) is 5.15. The number of hydrogen-bond donors (Lipinski definition) is 3. The molecule has 0 unspecified atom stereocenters. The first-order valence-corrected chi connectivity index (χ1v) is 11.1. The number of benzene rings is 1. The summed E-state index contributed by atoms with van der Waals surface area (Å²) in [6.45, 7) is 5.42. The number of nitrogens with zero attached hydrogens (tertiary/aromatic N) is 1. The number of hydrogen-bond acceptors (Lipinski definition) is 3. The lowest BCUT2D eigenvalue weighted by atomic mass is 10.1. The van der Waals surface area contributed by atoms with Crippen molar-refractivity contribution in [2.45, 2.75) is 71.3 Å². The van der Waals surface area contributed by atoms with Gasteiger partial charge in [-0.2, -0.15) is 0 Å². The molecule has 0 aliphatic heterocycles. The predicted molar refractivity (Wildman–Crippen MR) is 120 cm³/mol. The first-order valence-electron chi connectivity index (χ1n) is 10.7. The fourth-order valence-corrected chi connectivity index (χ4v) is 3.17. The summed E-state index contributed by atoms with van der Waals surface area (Å²) in [6.07, 6.45) is 5.73. The van der Waals surface area contributed by atoms with E-state index in [-0.39, 0.29) is 18.7 Å². The molecule has 0 spiro atoms. The summed E-state index contributed by atoms with van der Waals surface area (Å²) in [5, 5.41) is 14.9. The van der Waals surface area contributed by atoms with Crippen molar-refractivity contribution in [3.8, 4) is 0 Å². The van der Waals surface area contributed by atoms with Crippen molar-refractivity contribution in [2.75, 3.05) is 18.4 Å². The molecule has 1 aromatic carbocycles. The molecule has 0 bridgehead atoms. The number of carbonyl (C=O) groups is 3. The maximum absolute atomic E-state index is 13.1. The number of nitrogens with one attached hydrogen (secondary N) is 2. The van der Waals surface area contributed by atoms with Crippen molar-refractivity contribution < 1.29 is 19.5 Å². The van der Waals surface area contributed by atoms with Crippen LogP contribution in [0.15, 0.2) is 24.3 Å². The first kappa shape index (κ1) is 25.8. The van der Waals surface area contributed by atoms with E-state index in [4.69, 9.17) is 16.7 Å². The highest BCUT2D eigenvalue weighted by atomic mass is 35.5. The Bertz CT molecular complexity index is 657. The molecule has 7 nitrogen and oxygen atoms in total. The second-order valence-corrected chi connectivity index (χ2v) is 7.77. The third kappa shape index (κ3) is 10.5. The van der Waals surface area contributed by atoms with Crippen molar-refractivity contribution in [1.82, 2.24) is 10.2 Å². The lowest BCUT2D eigenvalue weighted by Crippen LogP contribution is -2.50. The number of anilines is 1. The average molecular weight is 440 g/mol. The highest BCUT2D eigenvalue weighted by Crippen LogP contribution is 2.14. The van der Waals surface area contributed by atoms with Gasteiger partial charge in [0.05, 0.1) is 0 Å². The van der Waals surface area contributed by atoms with E-state index in [9.17, 15) is 14.4 Å². The summed E-state index contributed by atoms with van der Waals surface area (Å²) in [4.78, 5) is 38.4. The summed E-state index contributed by atoms with van der Waals surface area (Å²) in [7, 11) is 0. The molecule has 8 heteroatoms. The van der Waals surface area contributed by atoms with Gasteiger partial charge in [-0.15, -0.1) is 0 Å². The van der Waals surface area contributed by atoms with Crippen LogP contribution in [0.25, 0.3) is 0 Å². The Hall–Kier alpha value is -2.28. The molecule has 0 saturated heterocycles. The number of carboxylic acids is 1. The molecular weight excluding hydrogens is 406 g/mol. The number of amides is 3. The normalized spacial score (nSPS) is 11.6. The van der Waals surface area contributed by atoms with Crippen molar-refractivity contribution >= 4 is 35.2 Å². The lowest BCUT2D eigenvalue weighted by Gasteiger charge is -2.28. The Balaban J connectivity index is 2.83. The molecule has 0 saturated carbocycles. The van der Waals surface area contributed by atoms with Crippen LogP contribution in [0.1, 0.15) is 65.2 Å². The van der Waals surface area contributed by atoms with E-state index in [0.29, 0.717) is 23.8 Å². The monoisotopic (exact) mass is 439 g/mol. The Morgan fingerprint density at radius 2 is 1.57 bits per heavy atom. The summed E-state index contributed by atoms with van der Waals surface area (Å²) in [5.41, 5.74) is 0.532. The van der Waals surface area contributed by atoms with E-state index in [0.717, 1.165) is 38.5 Å². The standard InChI is InChI=1S/C22H34ClN3O4/c1-3-5-7-15-26(16-8-6-4-2)21(29)19(13-14-20(27)28)25-22(30)24-18-11-9-17(23)10-12-18/h9-12,19H,3-8,13-16H2,1-2H3,(H,27,28)(H2,24,25,30)/t19-/m0/s1. The SMILES string of the molecule is CCCCCN(CCCCC)C(=O)[C@H](CCC(=O)O)NC(=O)Nc1ccc(Cl)cc1. The van der Waals surface area contributed by atoms with Gasteiger partial charge in [-0.3, -0.25) is 9.59 Å². The molecule has 0 radical (unpaired) electrons. The van der Waals surface area contributed by atoms with Gasteiger partial charge < -0.3 is 20.6 Å². The van der Waals surface area contributed by atoms with Crippen molar-refractivity contribution in [3.05, 3.63) is 29.3 Å². The Morgan fingerprint density at radius 3 is 2.07 bits per heavy atom. The number of carboxylic acid groups (broad SMARTS) is 1. The molecular formula is C22H34ClN3O4. The quantitative estimate of drug-likeness (QED) is 0.359. The zero-order valence-electron chi connectivity index (χ0n) is 18.0. The number of urea groups is 1. The molecule has 0 aromatic heterocycles. The highest BCUT2D eigenvalue weighted by Gasteiger charge is 2.26. The molecule has 0 heterocycles. The van der Waals surface area contributed by atoms with Crippen LogP contribution in [0, 0.1) is 0 Å². The molecule has 1 rings (SSSR count). The minimum atomic E-state index is -1.00. The van der Waals surface area contributed by atoms with E-state index in [1.807, 2.05) is 0 Å². The van der Waals surface area contributed by atoms with Gasteiger partial charge in [0, 0.05) is 30.2 Å². The van der Waals surface area contributed by atoms with Crippen LogP contribution in [0.3, 0.4) is 0 Å². The van der Waals surface area contributed by atoms with E-state index >= 15 is 0 Å². The molecule has 3 amide bonds. The first-order chi connectivity index (χ1) is 14.4. The minimum Gasteiger partial charge on any atom is -0.481 e. The lowest BCUT2D eigenvalue weighted by molar-refractivity contribution is -0.138. The smallest absolute Gasteiger partial charge is 0.319 e. The van der Waals surface area contributed by atoms with E-state index in [1.54, 1.807) is 29.2 Å². The Labute approximate surface area is 184 Å². The predicted octanol–water partition coefficient (Wildman–Crippen LogP) is 4.90. The van der Waals surface area contributed by atoms with Gasteiger partial charge in [-0.1, -0.05) is 51.1 Å². The van der Waals surface area contributed by atoms with Crippen LogP contribution in [-0.4, -0.2) is 47.0 Å². The minimum absolute atomic E-state index is 0.0419. The maximum Gasteiger partial charge on any atom is 0.319 e. The third-order valence-corrected chi connectivity index (χ3v) is 4.98. The molecule has 30 heavy (non-hydrogen) atoms. The van der Waals surface area contributed by atoms with Crippen LogP contribution in [-0.2, 0) is 9.59 Å². The number of carbonyl (C=O) groups excluding carboxylic acids is 2. The fraction of sp³-hybridized carbons (Fsp3) is 0.591. The fourth-order valence-electron chi connectivity index (χ4n) is 3.04. The Kier molecular flexibility index (Phi) is 12.6. The maximum atomic E-state index is 13.1. The molecule has 1 aromatic rings. The average Bonchev–Trinajstić information content (AvgIpc) is 2.71. The van der Waals surface area contributed by atoms with E-state index in [2.05, 4.69) is 24.5 Å². The molecule has 0 aliphatic rings. The molecule has 0 fully saturated rings. The van der Waals surface area contributed by atoms with Crippen molar-refractivity contribution in [2.24, 2.45) is 0 Å². The van der Waals surface area contributed by atoms with Crippen molar-refractivity contribution in [3.63, 3.8) is 0 Å². The van der Waals surface area contributed by atoms with Crippen LogP contribution in [0.2, 0.25) is 5.02 Å². The van der Waals surface area contributed by atoms with E-state index in [1.165, 1.54) is 0 Å². The van der Waals surface area contributed by atoms with Crippen molar-refractivity contribution in [1.29, 1.82) is 0 Å². The second kappa shape index (κ2) is 14.7. The van der Waals surface area contributed by atoms with Gasteiger partial charge in [-0.05, 0) is 43.5 Å². The number of aliphatic carboxylic acids is 1. The zero-order valence-corrected chi connectivity index (χ0v) is 18.7. The van der Waals surface area contributed by atoms with Crippen LogP contribution in [0.4, 0.5) is 10.5 Å². The number of rotatable bonds is 14. The molecule has 3 N–H and O–H groups in total. The summed E-state index contributed by atoms with van der Waals surface area (Å²) >= 11 is 5.85. The van der Waals surface area contributed by atoms with Gasteiger partial charge in [0.1, 0.15) is 6.04 Å². The summed E-state index contributed by atoms with van der Waals surface area (Å²) in [5.74, 6) is -1.23. The molecule has 0 aliphatic carbocycles. The van der Waals surface area contributed by atoms with Crippen LogP contribution in [0.5, 0.6) is 0 Å². The molecule has 168 valence electrons. The zero-order chi connectivity index (χ0) is 22.4.